The average molecular weight is 295 g/mol. The van der Waals surface area contributed by atoms with Gasteiger partial charge in [0.15, 0.2) is 0 Å². The van der Waals surface area contributed by atoms with Gasteiger partial charge in [-0.15, -0.1) is 0 Å². The molecule has 1 N–H and O–H groups in total. The van der Waals surface area contributed by atoms with Crippen LogP contribution in [0.2, 0.25) is 0 Å². The highest BCUT2D eigenvalue weighted by atomic mass is 16.3. The molecule has 0 unspecified atom stereocenters. The maximum absolute atomic E-state index is 12.0. The maximum atomic E-state index is 12.0. The summed E-state index contributed by atoms with van der Waals surface area (Å²) in [5.41, 5.74) is 2.47. The molecule has 112 valence electrons. The summed E-state index contributed by atoms with van der Waals surface area (Å²) in [7, 11) is 3.90. The van der Waals surface area contributed by atoms with E-state index in [1.807, 2.05) is 49.3 Å². The molecule has 0 bridgehead atoms. The van der Waals surface area contributed by atoms with Crippen molar-refractivity contribution in [3.8, 4) is 0 Å². The summed E-state index contributed by atoms with van der Waals surface area (Å²) in [5, 5.41) is 3.96. The highest BCUT2D eigenvalue weighted by molar-refractivity contribution is 5.94. The Morgan fingerprint density at radius 2 is 2.09 bits per heavy atom. The van der Waals surface area contributed by atoms with Gasteiger partial charge >= 0.3 is 0 Å². The lowest BCUT2D eigenvalue weighted by Gasteiger charge is -2.15. The van der Waals surface area contributed by atoms with Crippen LogP contribution in [-0.2, 0) is 6.54 Å². The van der Waals surface area contributed by atoms with Crippen molar-refractivity contribution in [1.29, 1.82) is 0 Å². The van der Waals surface area contributed by atoms with E-state index in [1.165, 1.54) is 12.5 Å². The number of pyridine rings is 1. The fraction of sp³-hybridized carbons (Fsp3) is 0.176. The second-order valence-corrected chi connectivity index (χ2v) is 5.25. The van der Waals surface area contributed by atoms with E-state index < -0.39 is 0 Å². The van der Waals surface area contributed by atoms with Crippen molar-refractivity contribution in [3.05, 3.63) is 60.1 Å². The third kappa shape index (κ3) is 2.79. The van der Waals surface area contributed by atoms with Crippen LogP contribution in [0.25, 0.3) is 10.9 Å². The summed E-state index contributed by atoms with van der Waals surface area (Å²) >= 11 is 0. The molecule has 0 aliphatic rings. The largest absolute Gasteiger partial charge is 0.472 e. The minimum Gasteiger partial charge on any atom is -0.472 e. The molecule has 5 nitrogen and oxygen atoms in total. The van der Waals surface area contributed by atoms with E-state index in [2.05, 4.69) is 10.3 Å². The third-order valence-corrected chi connectivity index (χ3v) is 3.47. The van der Waals surface area contributed by atoms with Gasteiger partial charge < -0.3 is 14.6 Å². The van der Waals surface area contributed by atoms with Crippen LogP contribution in [0, 0.1) is 0 Å². The lowest BCUT2D eigenvalue weighted by Crippen LogP contribution is -2.22. The van der Waals surface area contributed by atoms with Gasteiger partial charge in [0.1, 0.15) is 12.1 Å². The molecule has 0 aliphatic carbocycles. The number of hydrogen-bond donors (Lipinski definition) is 1. The van der Waals surface area contributed by atoms with Gasteiger partial charge in [0.2, 0.25) is 0 Å². The molecule has 3 rings (SSSR count). The van der Waals surface area contributed by atoms with Crippen LogP contribution < -0.4 is 10.2 Å². The van der Waals surface area contributed by atoms with E-state index >= 15 is 0 Å². The second kappa shape index (κ2) is 5.89. The highest BCUT2D eigenvalue weighted by Crippen LogP contribution is 2.22. The molecular weight excluding hydrogens is 278 g/mol. The van der Waals surface area contributed by atoms with Crippen molar-refractivity contribution in [2.45, 2.75) is 6.54 Å². The van der Waals surface area contributed by atoms with E-state index in [0.29, 0.717) is 12.1 Å². The van der Waals surface area contributed by atoms with Gasteiger partial charge in [-0.25, -0.2) is 4.98 Å². The van der Waals surface area contributed by atoms with Gasteiger partial charge in [-0.05, 0) is 23.8 Å². The van der Waals surface area contributed by atoms with Crippen LogP contribution in [0.1, 0.15) is 15.9 Å². The Balaban J connectivity index is 1.90. The maximum Gasteiger partial charge on any atom is 0.254 e. The Labute approximate surface area is 128 Å². The van der Waals surface area contributed by atoms with Crippen molar-refractivity contribution in [2.75, 3.05) is 19.0 Å². The molecule has 3 aromatic rings. The molecule has 22 heavy (non-hydrogen) atoms. The van der Waals surface area contributed by atoms with Crippen molar-refractivity contribution < 1.29 is 9.21 Å². The predicted molar refractivity (Wildman–Crippen MR) is 85.9 cm³/mol. The Bertz CT molecular complexity index is 795. The number of nitrogens with one attached hydrogen (secondary N) is 1. The van der Waals surface area contributed by atoms with E-state index in [9.17, 15) is 4.79 Å². The molecule has 0 fully saturated rings. The third-order valence-electron chi connectivity index (χ3n) is 3.47. The monoisotopic (exact) mass is 295 g/mol. The first-order valence-electron chi connectivity index (χ1n) is 7.01. The fourth-order valence-electron chi connectivity index (χ4n) is 2.28. The smallest absolute Gasteiger partial charge is 0.254 e. The van der Waals surface area contributed by atoms with Gasteiger partial charge in [0.05, 0.1) is 17.3 Å². The van der Waals surface area contributed by atoms with E-state index in [4.69, 9.17) is 4.42 Å². The number of carbonyl (C=O) groups excluding carboxylic acids is 1. The van der Waals surface area contributed by atoms with Crippen LogP contribution in [0.4, 0.5) is 5.82 Å². The first kappa shape index (κ1) is 14.1. The number of furan rings is 1. The van der Waals surface area contributed by atoms with Crippen LogP contribution in [0.15, 0.2) is 53.3 Å². The molecule has 0 saturated carbocycles. The van der Waals surface area contributed by atoms with Gasteiger partial charge in [-0.1, -0.05) is 18.2 Å². The first-order chi connectivity index (χ1) is 10.6. The Hall–Kier alpha value is -2.82. The summed E-state index contributed by atoms with van der Waals surface area (Å²) in [4.78, 5) is 18.6. The van der Waals surface area contributed by atoms with Crippen LogP contribution in [0.5, 0.6) is 0 Å². The number of benzene rings is 1. The molecule has 5 heteroatoms. The summed E-state index contributed by atoms with van der Waals surface area (Å²) in [6, 6.07) is 11.6. The molecule has 0 radical (unpaired) electrons. The number of carbonyl (C=O) groups is 1. The SMILES string of the molecule is CN(C)c1cc(CNC(=O)c2ccoc2)c2ccccc2n1. The van der Waals surface area contributed by atoms with Crippen molar-refractivity contribution in [1.82, 2.24) is 10.3 Å². The second-order valence-electron chi connectivity index (χ2n) is 5.25. The van der Waals surface area contributed by atoms with Gasteiger partial charge in [0, 0.05) is 26.0 Å². The first-order valence-corrected chi connectivity index (χ1v) is 7.01. The molecule has 0 atom stereocenters. The number of amides is 1. The number of aromatic nitrogens is 1. The normalized spacial score (nSPS) is 10.6. The Kier molecular flexibility index (Phi) is 3.78. The Morgan fingerprint density at radius 1 is 1.27 bits per heavy atom. The average Bonchev–Trinajstić information content (AvgIpc) is 3.06. The number of anilines is 1. The van der Waals surface area contributed by atoms with E-state index in [-0.39, 0.29) is 5.91 Å². The summed E-state index contributed by atoms with van der Waals surface area (Å²) < 4.78 is 4.93. The van der Waals surface area contributed by atoms with Crippen molar-refractivity contribution in [2.24, 2.45) is 0 Å². The summed E-state index contributed by atoms with van der Waals surface area (Å²) in [6.07, 6.45) is 2.92. The number of nitrogens with zero attached hydrogens (tertiary/aromatic N) is 2. The van der Waals surface area contributed by atoms with Gasteiger partial charge in [-0.2, -0.15) is 0 Å². The zero-order valence-corrected chi connectivity index (χ0v) is 12.5. The van der Waals surface area contributed by atoms with E-state index in [1.54, 1.807) is 6.07 Å². The van der Waals surface area contributed by atoms with Crippen molar-refractivity contribution >= 4 is 22.6 Å². The van der Waals surface area contributed by atoms with Crippen molar-refractivity contribution in [3.63, 3.8) is 0 Å². The van der Waals surface area contributed by atoms with Crippen LogP contribution >= 0.6 is 0 Å². The molecular formula is C17H17N3O2. The number of para-hydroxylation sites is 1. The molecule has 0 aliphatic heterocycles. The minimum absolute atomic E-state index is 0.152. The zero-order chi connectivity index (χ0) is 15.5. The standard InChI is InChI=1S/C17H17N3O2/c1-20(2)16-9-13(14-5-3-4-6-15(14)19-16)10-18-17(21)12-7-8-22-11-12/h3-9,11H,10H2,1-2H3,(H,18,21). The molecule has 1 aromatic carbocycles. The molecule has 0 saturated heterocycles. The quantitative estimate of drug-likeness (QED) is 0.804. The lowest BCUT2D eigenvalue weighted by molar-refractivity contribution is 0.0950. The molecule has 2 aromatic heterocycles. The lowest BCUT2D eigenvalue weighted by atomic mass is 10.1. The molecule has 0 spiro atoms. The fourth-order valence-corrected chi connectivity index (χ4v) is 2.28. The molecule has 2 heterocycles. The van der Waals surface area contributed by atoms with Gasteiger partial charge in [-0.3, -0.25) is 4.79 Å². The predicted octanol–water partition coefficient (Wildman–Crippen LogP) is 2.82. The zero-order valence-electron chi connectivity index (χ0n) is 12.5. The number of hydrogen-bond acceptors (Lipinski definition) is 4. The van der Waals surface area contributed by atoms with Crippen LogP contribution in [0.3, 0.4) is 0 Å². The Morgan fingerprint density at radius 3 is 2.82 bits per heavy atom. The minimum atomic E-state index is -0.152. The topological polar surface area (TPSA) is 58.4 Å². The highest BCUT2D eigenvalue weighted by Gasteiger charge is 2.10. The summed E-state index contributed by atoms with van der Waals surface area (Å²) in [6.45, 7) is 0.438. The summed E-state index contributed by atoms with van der Waals surface area (Å²) in [5.74, 6) is 0.715. The molecule has 1 amide bonds. The van der Waals surface area contributed by atoms with Gasteiger partial charge in [0.25, 0.3) is 5.91 Å². The number of fused-ring (bicyclic) bond motifs is 1. The van der Waals surface area contributed by atoms with Crippen LogP contribution in [-0.4, -0.2) is 25.0 Å². The number of rotatable bonds is 4. The van der Waals surface area contributed by atoms with E-state index in [0.717, 1.165) is 22.3 Å².